The number of anilines is 2. The number of amides is 1. The number of carbonyl (C=O) groups is 1. The molecule has 0 unspecified atom stereocenters. The third kappa shape index (κ3) is 5.21. The lowest BCUT2D eigenvalue weighted by molar-refractivity contribution is 0.102. The zero-order valence-corrected chi connectivity index (χ0v) is 19.3. The molecule has 0 spiro atoms. The molecule has 0 aliphatic heterocycles. The van der Waals surface area contributed by atoms with Crippen LogP contribution >= 0.6 is 11.3 Å². The van der Waals surface area contributed by atoms with Crippen molar-refractivity contribution in [2.75, 3.05) is 16.7 Å². The van der Waals surface area contributed by atoms with Gasteiger partial charge in [-0.3, -0.25) is 14.4 Å². The van der Waals surface area contributed by atoms with Crippen LogP contribution in [-0.2, 0) is 16.6 Å². The van der Waals surface area contributed by atoms with E-state index in [0.717, 1.165) is 5.56 Å². The zero-order chi connectivity index (χ0) is 23.3. The summed E-state index contributed by atoms with van der Waals surface area (Å²) in [5.74, 6) is 0.192. The monoisotopic (exact) mass is 479 g/mol. The average molecular weight is 480 g/mol. The number of benzene rings is 3. The number of nitrogens with zero attached hydrogens (tertiary/aromatic N) is 2. The fourth-order valence-corrected chi connectivity index (χ4v) is 5.22. The van der Waals surface area contributed by atoms with Crippen LogP contribution in [0.2, 0.25) is 0 Å². The Bertz CT molecular complexity index is 1320. The van der Waals surface area contributed by atoms with Gasteiger partial charge in [0.2, 0.25) is 0 Å². The fourth-order valence-electron chi connectivity index (χ4n) is 3.19. The van der Waals surface area contributed by atoms with Gasteiger partial charge in [0.1, 0.15) is 5.75 Å². The standard InChI is InChI=1S/C24H21N3O4S2/c1-31-21-12-10-20(11-13-21)27(17-18-6-3-2-4-7-18)33(29,30)22-9-5-8-19(16-22)23(28)26-24-25-14-15-32-24/h2-16H,17H2,1H3,(H,25,26,28). The van der Waals surface area contributed by atoms with E-state index in [9.17, 15) is 13.2 Å². The normalized spacial score (nSPS) is 11.1. The maximum Gasteiger partial charge on any atom is 0.264 e. The minimum atomic E-state index is -3.99. The van der Waals surface area contributed by atoms with Crippen molar-refractivity contribution in [3.05, 3.63) is 102 Å². The molecule has 0 fully saturated rings. The van der Waals surface area contributed by atoms with Gasteiger partial charge >= 0.3 is 0 Å². The summed E-state index contributed by atoms with van der Waals surface area (Å²) in [4.78, 5) is 16.7. The lowest BCUT2D eigenvalue weighted by Crippen LogP contribution is -2.30. The number of sulfonamides is 1. The summed E-state index contributed by atoms with van der Waals surface area (Å²) in [6.45, 7) is 0.130. The smallest absolute Gasteiger partial charge is 0.264 e. The summed E-state index contributed by atoms with van der Waals surface area (Å²) in [7, 11) is -2.44. The molecule has 1 heterocycles. The Labute approximate surface area is 196 Å². The minimum absolute atomic E-state index is 0.0148. The molecule has 1 aromatic heterocycles. The maximum atomic E-state index is 13.7. The topological polar surface area (TPSA) is 88.6 Å². The van der Waals surface area contributed by atoms with Crippen LogP contribution in [0.3, 0.4) is 0 Å². The van der Waals surface area contributed by atoms with Crippen molar-refractivity contribution in [1.29, 1.82) is 0 Å². The molecule has 0 radical (unpaired) electrons. The molecule has 0 atom stereocenters. The molecular formula is C24H21N3O4S2. The number of hydrogen-bond acceptors (Lipinski definition) is 6. The highest BCUT2D eigenvalue weighted by atomic mass is 32.2. The Morgan fingerprint density at radius 2 is 1.79 bits per heavy atom. The van der Waals surface area contributed by atoms with Gasteiger partial charge in [0.25, 0.3) is 15.9 Å². The molecule has 3 aromatic carbocycles. The summed E-state index contributed by atoms with van der Waals surface area (Å²) in [5, 5.41) is 4.86. The highest BCUT2D eigenvalue weighted by molar-refractivity contribution is 7.92. The lowest BCUT2D eigenvalue weighted by atomic mass is 10.2. The molecule has 0 aliphatic rings. The van der Waals surface area contributed by atoms with Crippen LogP contribution in [0.4, 0.5) is 10.8 Å². The minimum Gasteiger partial charge on any atom is -0.497 e. The van der Waals surface area contributed by atoms with E-state index in [4.69, 9.17) is 4.74 Å². The van der Waals surface area contributed by atoms with Gasteiger partial charge in [-0.2, -0.15) is 0 Å². The molecule has 168 valence electrons. The summed E-state index contributed by atoms with van der Waals surface area (Å²) < 4.78 is 34.0. The third-order valence-corrected chi connectivity index (χ3v) is 7.32. The second-order valence-corrected chi connectivity index (χ2v) is 9.77. The number of methoxy groups -OCH3 is 1. The Balaban J connectivity index is 1.70. The molecule has 4 aromatic rings. The van der Waals surface area contributed by atoms with Crippen molar-refractivity contribution in [3.63, 3.8) is 0 Å². The number of ether oxygens (including phenoxy) is 1. The Morgan fingerprint density at radius 1 is 1.03 bits per heavy atom. The van der Waals surface area contributed by atoms with Crippen molar-refractivity contribution in [1.82, 2.24) is 4.98 Å². The first-order valence-electron chi connectivity index (χ1n) is 9.99. The summed E-state index contributed by atoms with van der Waals surface area (Å²) >= 11 is 1.28. The first-order chi connectivity index (χ1) is 16.0. The van der Waals surface area contributed by atoms with Crippen LogP contribution in [-0.4, -0.2) is 26.4 Å². The van der Waals surface area contributed by atoms with E-state index in [1.807, 2.05) is 30.3 Å². The van der Waals surface area contributed by atoms with Gasteiger partial charge in [-0.1, -0.05) is 36.4 Å². The van der Waals surface area contributed by atoms with E-state index in [0.29, 0.717) is 16.6 Å². The van der Waals surface area contributed by atoms with Gasteiger partial charge in [0, 0.05) is 17.1 Å². The van der Waals surface area contributed by atoms with Gasteiger partial charge < -0.3 is 4.74 Å². The van der Waals surface area contributed by atoms with Crippen molar-refractivity contribution < 1.29 is 17.9 Å². The van der Waals surface area contributed by atoms with E-state index in [-0.39, 0.29) is 17.0 Å². The number of thiazole rings is 1. The molecule has 7 nitrogen and oxygen atoms in total. The quantitative estimate of drug-likeness (QED) is 0.392. The van der Waals surface area contributed by atoms with E-state index >= 15 is 0 Å². The van der Waals surface area contributed by atoms with Crippen molar-refractivity contribution >= 4 is 38.1 Å². The predicted molar refractivity (Wildman–Crippen MR) is 129 cm³/mol. The number of carbonyl (C=O) groups excluding carboxylic acids is 1. The Kier molecular flexibility index (Phi) is 6.71. The maximum absolute atomic E-state index is 13.7. The number of aromatic nitrogens is 1. The molecule has 1 amide bonds. The number of rotatable bonds is 8. The molecular weight excluding hydrogens is 458 g/mol. The number of nitrogens with one attached hydrogen (secondary N) is 1. The summed E-state index contributed by atoms with van der Waals surface area (Å²) in [5.41, 5.74) is 1.53. The van der Waals surface area contributed by atoms with E-state index < -0.39 is 15.9 Å². The molecule has 4 rings (SSSR count). The highest BCUT2D eigenvalue weighted by Gasteiger charge is 2.26. The fraction of sp³-hybridized carbons (Fsp3) is 0.0833. The van der Waals surface area contributed by atoms with Gasteiger partial charge in [-0.25, -0.2) is 13.4 Å². The van der Waals surface area contributed by atoms with Gasteiger partial charge in [-0.05, 0) is 48.0 Å². The highest BCUT2D eigenvalue weighted by Crippen LogP contribution is 2.28. The van der Waals surface area contributed by atoms with Crippen molar-refractivity contribution in [3.8, 4) is 5.75 Å². The summed E-state index contributed by atoms with van der Waals surface area (Å²) in [6, 6.07) is 22.1. The lowest BCUT2D eigenvalue weighted by Gasteiger charge is -2.25. The van der Waals surface area contributed by atoms with E-state index in [2.05, 4.69) is 10.3 Å². The van der Waals surface area contributed by atoms with Crippen molar-refractivity contribution in [2.24, 2.45) is 0 Å². The third-order valence-electron chi connectivity index (χ3n) is 4.87. The largest absolute Gasteiger partial charge is 0.497 e. The van der Waals surface area contributed by atoms with E-state index in [1.165, 1.54) is 27.8 Å². The van der Waals surface area contributed by atoms with Crippen LogP contribution in [0.15, 0.2) is 95.3 Å². The van der Waals surface area contributed by atoms with Gasteiger partial charge in [0.15, 0.2) is 5.13 Å². The molecule has 33 heavy (non-hydrogen) atoms. The summed E-state index contributed by atoms with van der Waals surface area (Å²) in [6.07, 6.45) is 1.58. The second kappa shape index (κ2) is 9.85. The van der Waals surface area contributed by atoms with Crippen LogP contribution in [0.25, 0.3) is 0 Å². The Morgan fingerprint density at radius 3 is 2.45 bits per heavy atom. The predicted octanol–water partition coefficient (Wildman–Crippen LogP) is 4.80. The first-order valence-corrected chi connectivity index (χ1v) is 12.3. The van der Waals surface area contributed by atoms with Crippen LogP contribution < -0.4 is 14.4 Å². The van der Waals surface area contributed by atoms with Gasteiger partial charge in [-0.15, -0.1) is 11.3 Å². The first kappa shape index (κ1) is 22.5. The van der Waals surface area contributed by atoms with Crippen molar-refractivity contribution in [2.45, 2.75) is 11.4 Å². The van der Waals surface area contributed by atoms with E-state index in [1.54, 1.807) is 55.1 Å². The molecule has 1 N–H and O–H groups in total. The van der Waals surface area contributed by atoms with Gasteiger partial charge in [0.05, 0.1) is 24.2 Å². The second-order valence-electron chi connectivity index (χ2n) is 7.01. The number of hydrogen-bond donors (Lipinski definition) is 1. The molecule has 0 bridgehead atoms. The molecule has 0 saturated heterocycles. The SMILES string of the molecule is COc1ccc(N(Cc2ccccc2)S(=O)(=O)c2cccc(C(=O)Nc3nccs3)c2)cc1. The molecule has 0 aliphatic carbocycles. The van der Waals surface area contributed by atoms with Crippen LogP contribution in [0, 0.1) is 0 Å². The molecule has 9 heteroatoms. The molecule has 0 saturated carbocycles. The Hall–Kier alpha value is -3.69. The van der Waals surface area contributed by atoms with Crippen LogP contribution in [0.5, 0.6) is 5.75 Å². The van der Waals surface area contributed by atoms with Crippen LogP contribution in [0.1, 0.15) is 15.9 Å². The average Bonchev–Trinajstić information content (AvgIpc) is 3.36. The zero-order valence-electron chi connectivity index (χ0n) is 17.7.